The first-order valence-electron chi connectivity index (χ1n) is 10.6. The number of carbonyl (C=O) groups excluding carboxylic acids is 2. The molecule has 0 aliphatic heterocycles. The fraction of sp³-hybridized carbons (Fsp3) is 0. The van der Waals surface area contributed by atoms with Gasteiger partial charge in [-0.3, -0.25) is 9.59 Å². The summed E-state index contributed by atoms with van der Waals surface area (Å²) in [5.74, 6) is 1.08. The number of benzene rings is 4. The molecule has 0 bridgehead atoms. The van der Waals surface area contributed by atoms with Gasteiger partial charge < -0.3 is 4.74 Å². The van der Waals surface area contributed by atoms with Crippen molar-refractivity contribution in [3.05, 3.63) is 144 Å². The molecule has 4 rings (SSSR count). The molecule has 0 aliphatic rings. The van der Waals surface area contributed by atoms with E-state index in [0.29, 0.717) is 22.6 Å². The van der Waals surface area contributed by atoms with Gasteiger partial charge in [0, 0.05) is 11.1 Å². The quantitative estimate of drug-likeness (QED) is 0.218. The highest BCUT2D eigenvalue weighted by Crippen LogP contribution is 2.23. The molecule has 0 aliphatic carbocycles. The van der Waals surface area contributed by atoms with Crippen LogP contribution in [0.1, 0.15) is 31.8 Å². The van der Waals surface area contributed by atoms with Crippen molar-refractivity contribution in [1.29, 1.82) is 0 Å². The maximum Gasteiger partial charge on any atom is 0.185 e. The van der Waals surface area contributed by atoms with E-state index in [1.54, 1.807) is 72.8 Å². The summed E-state index contributed by atoms with van der Waals surface area (Å²) in [5.41, 5.74) is 3.12. The average molecular weight is 431 g/mol. The van der Waals surface area contributed by atoms with Crippen LogP contribution in [0.25, 0.3) is 12.2 Å². The summed E-state index contributed by atoms with van der Waals surface area (Å²) < 4.78 is 5.85. The van der Waals surface area contributed by atoms with E-state index in [1.807, 2.05) is 60.7 Å². The molecule has 4 aromatic rings. The number of allylic oxidation sites excluding steroid dienone is 2. The van der Waals surface area contributed by atoms with Crippen molar-refractivity contribution in [2.75, 3.05) is 0 Å². The van der Waals surface area contributed by atoms with Crippen molar-refractivity contribution in [2.24, 2.45) is 0 Å². The first kappa shape index (κ1) is 21.7. The lowest BCUT2D eigenvalue weighted by molar-refractivity contribution is 0.103. The number of carbonyl (C=O) groups is 2. The summed E-state index contributed by atoms with van der Waals surface area (Å²) in [4.78, 5) is 24.7. The topological polar surface area (TPSA) is 43.4 Å². The molecule has 0 atom stereocenters. The zero-order valence-electron chi connectivity index (χ0n) is 17.9. The van der Waals surface area contributed by atoms with Gasteiger partial charge in [-0.1, -0.05) is 72.8 Å². The standard InChI is InChI=1S/C30H22O3/c31-29(21-11-23-7-3-1-4-8-23)25-13-17-27(18-14-25)33-28-19-15-26(16-20-28)30(32)22-12-24-9-5-2-6-10-24/h1-22H/b21-11-,22-12-. The molecule has 0 fully saturated rings. The van der Waals surface area contributed by atoms with Gasteiger partial charge >= 0.3 is 0 Å². The summed E-state index contributed by atoms with van der Waals surface area (Å²) in [6.07, 6.45) is 6.72. The SMILES string of the molecule is O=C(/C=C\c1ccccc1)c1ccc(Oc2ccc(C(=O)/C=C\c3ccccc3)cc2)cc1. The molecule has 160 valence electrons. The number of ether oxygens (including phenoxy) is 1. The largest absolute Gasteiger partial charge is 0.457 e. The van der Waals surface area contributed by atoms with Gasteiger partial charge in [-0.25, -0.2) is 0 Å². The highest BCUT2D eigenvalue weighted by atomic mass is 16.5. The lowest BCUT2D eigenvalue weighted by atomic mass is 10.1. The Kier molecular flexibility index (Phi) is 7.04. The Balaban J connectivity index is 1.35. The van der Waals surface area contributed by atoms with Gasteiger partial charge in [-0.05, 0) is 71.8 Å². The predicted molar refractivity (Wildman–Crippen MR) is 133 cm³/mol. The van der Waals surface area contributed by atoms with Crippen molar-refractivity contribution in [3.63, 3.8) is 0 Å². The van der Waals surface area contributed by atoms with Gasteiger partial charge in [0.05, 0.1) is 0 Å². The van der Waals surface area contributed by atoms with Crippen LogP contribution >= 0.6 is 0 Å². The summed E-state index contributed by atoms with van der Waals surface area (Å²) in [6, 6.07) is 33.3. The molecule has 0 spiro atoms. The monoisotopic (exact) mass is 430 g/mol. The Labute approximate surface area is 193 Å². The smallest absolute Gasteiger partial charge is 0.185 e. The van der Waals surface area contributed by atoms with E-state index < -0.39 is 0 Å². The van der Waals surface area contributed by atoms with Crippen LogP contribution in [0.5, 0.6) is 11.5 Å². The lowest BCUT2D eigenvalue weighted by Crippen LogP contribution is -1.95. The van der Waals surface area contributed by atoms with Gasteiger partial charge in [-0.2, -0.15) is 0 Å². The van der Waals surface area contributed by atoms with Crippen molar-refractivity contribution < 1.29 is 14.3 Å². The predicted octanol–water partition coefficient (Wildman–Crippen LogP) is 7.27. The molecule has 0 heterocycles. The van der Waals surface area contributed by atoms with E-state index in [1.165, 1.54) is 0 Å². The Morgan fingerprint density at radius 3 is 1.21 bits per heavy atom. The second-order valence-electron chi connectivity index (χ2n) is 7.37. The molecular formula is C30H22O3. The molecule has 3 nitrogen and oxygen atoms in total. The number of hydrogen-bond donors (Lipinski definition) is 0. The fourth-order valence-corrected chi connectivity index (χ4v) is 3.18. The van der Waals surface area contributed by atoms with Gasteiger partial charge in [0.25, 0.3) is 0 Å². The molecule has 4 aromatic carbocycles. The van der Waals surface area contributed by atoms with Gasteiger partial charge in [-0.15, -0.1) is 0 Å². The van der Waals surface area contributed by atoms with Crippen molar-refractivity contribution >= 4 is 23.7 Å². The minimum absolute atomic E-state index is 0.0724. The molecule has 0 amide bonds. The molecule has 33 heavy (non-hydrogen) atoms. The van der Waals surface area contributed by atoms with E-state index in [4.69, 9.17) is 4.74 Å². The molecule has 0 radical (unpaired) electrons. The van der Waals surface area contributed by atoms with E-state index in [0.717, 1.165) is 11.1 Å². The first-order valence-corrected chi connectivity index (χ1v) is 10.6. The normalized spacial score (nSPS) is 11.0. The van der Waals surface area contributed by atoms with Gasteiger partial charge in [0.2, 0.25) is 0 Å². The van der Waals surface area contributed by atoms with Crippen molar-refractivity contribution in [1.82, 2.24) is 0 Å². The fourth-order valence-electron chi connectivity index (χ4n) is 3.18. The van der Waals surface area contributed by atoms with E-state index in [9.17, 15) is 9.59 Å². The van der Waals surface area contributed by atoms with E-state index in [-0.39, 0.29) is 11.6 Å². The third-order valence-electron chi connectivity index (χ3n) is 4.97. The van der Waals surface area contributed by atoms with Crippen LogP contribution in [-0.2, 0) is 0 Å². The van der Waals surface area contributed by atoms with Crippen LogP contribution in [0.3, 0.4) is 0 Å². The zero-order valence-corrected chi connectivity index (χ0v) is 17.9. The molecule has 3 heteroatoms. The summed E-state index contributed by atoms with van der Waals surface area (Å²) in [5, 5.41) is 0. The Hall–Kier alpha value is -4.50. The second kappa shape index (κ2) is 10.7. The first-order chi connectivity index (χ1) is 16.2. The van der Waals surface area contributed by atoms with Crippen LogP contribution in [0.2, 0.25) is 0 Å². The van der Waals surface area contributed by atoms with Crippen LogP contribution in [0, 0.1) is 0 Å². The maximum atomic E-state index is 12.4. The molecule has 0 saturated heterocycles. The average Bonchev–Trinajstić information content (AvgIpc) is 2.88. The van der Waals surface area contributed by atoms with Gasteiger partial charge in [0.15, 0.2) is 11.6 Å². The summed E-state index contributed by atoms with van der Waals surface area (Å²) in [7, 11) is 0. The molecule has 0 saturated carbocycles. The maximum absolute atomic E-state index is 12.4. The molecule has 0 unspecified atom stereocenters. The van der Waals surface area contributed by atoms with Crippen molar-refractivity contribution in [3.8, 4) is 11.5 Å². The van der Waals surface area contributed by atoms with Crippen molar-refractivity contribution in [2.45, 2.75) is 0 Å². The van der Waals surface area contributed by atoms with E-state index >= 15 is 0 Å². The van der Waals surface area contributed by atoms with Crippen LogP contribution < -0.4 is 4.74 Å². The summed E-state index contributed by atoms with van der Waals surface area (Å²) in [6.45, 7) is 0. The summed E-state index contributed by atoms with van der Waals surface area (Å²) >= 11 is 0. The Morgan fingerprint density at radius 2 is 0.848 bits per heavy atom. The van der Waals surface area contributed by atoms with Crippen LogP contribution in [-0.4, -0.2) is 11.6 Å². The molecule has 0 aromatic heterocycles. The minimum atomic E-state index is -0.0724. The Morgan fingerprint density at radius 1 is 0.485 bits per heavy atom. The second-order valence-corrected chi connectivity index (χ2v) is 7.37. The molecule has 0 N–H and O–H groups in total. The third kappa shape index (κ3) is 6.25. The van der Waals surface area contributed by atoms with Gasteiger partial charge in [0.1, 0.15) is 11.5 Å². The third-order valence-corrected chi connectivity index (χ3v) is 4.97. The van der Waals surface area contributed by atoms with Crippen LogP contribution in [0.15, 0.2) is 121 Å². The van der Waals surface area contributed by atoms with E-state index in [2.05, 4.69) is 0 Å². The highest BCUT2D eigenvalue weighted by molar-refractivity contribution is 6.07. The zero-order chi connectivity index (χ0) is 22.9. The Bertz CT molecular complexity index is 1170. The lowest BCUT2D eigenvalue weighted by Gasteiger charge is -2.07. The number of hydrogen-bond acceptors (Lipinski definition) is 3. The number of ketones is 2. The number of rotatable bonds is 8. The molecular weight excluding hydrogens is 408 g/mol. The van der Waals surface area contributed by atoms with Crippen LogP contribution in [0.4, 0.5) is 0 Å². The minimum Gasteiger partial charge on any atom is -0.457 e. The highest BCUT2D eigenvalue weighted by Gasteiger charge is 2.05.